The smallest absolute Gasteiger partial charge is 0.456 e. The van der Waals surface area contributed by atoms with E-state index in [0.717, 1.165) is 18.3 Å². The molecule has 0 atom stereocenters. The molecule has 4 nitrogen and oxygen atoms in total. The minimum absolute atomic E-state index is 0.0807. The molecule has 0 radical (unpaired) electrons. The number of pyridine rings is 1. The van der Waals surface area contributed by atoms with Crippen LogP contribution in [0.15, 0.2) is 18.3 Å². The number of nitrogen functional groups attached to an aromatic ring is 1. The zero-order valence-electron chi connectivity index (χ0n) is 8.76. The van der Waals surface area contributed by atoms with Crippen LogP contribution in [0.1, 0.15) is 5.69 Å². The summed E-state index contributed by atoms with van der Waals surface area (Å²) in [5, 5.41) is 7.02. The summed E-state index contributed by atoms with van der Waals surface area (Å²) in [5.74, 6) is -5.69. The number of alkyl halides is 5. The van der Waals surface area contributed by atoms with Crippen LogP contribution >= 0.6 is 0 Å². The summed E-state index contributed by atoms with van der Waals surface area (Å²) >= 11 is 0. The highest BCUT2D eigenvalue weighted by atomic mass is 19.4. The second-order valence-corrected chi connectivity index (χ2v) is 3.28. The molecule has 0 amide bonds. The number of amidine groups is 1. The fourth-order valence-electron chi connectivity index (χ4n) is 0.904. The largest absolute Gasteiger partial charge is 0.487 e. The maximum atomic E-state index is 12.5. The minimum Gasteiger partial charge on any atom is -0.487 e. The molecule has 1 aromatic heterocycles. The predicted molar refractivity (Wildman–Crippen MR) is 51.8 cm³/mol. The van der Waals surface area contributed by atoms with Crippen LogP contribution in [-0.2, 0) is 0 Å². The lowest BCUT2D eigenvalue weighted by molar-refractivity contribution is -0.290. The fourth-order valence-corrected chi connectivity index (χ4v) is 0.904. The molecule has 0 aliphatic heterocycles. The summed E-state index contributed by atoms with van der Waals surface area (Å²) in [6, 6.07) is 2.08. The molecule has 0 spiro atoms. The maximum absolute atomic E-state index is 12.5. The molecule has 18 heavy (non-hydrogen) atoms. The first-order valence-electron chi connectivity index (χ1n) is 4.51. The van der Waals surface area contributed by atoms with Crippen LogP contribution in [0.3, 0.4) is 0 Å². The van der Waals surface area contributed by atoms with Gasteiger partial charge in [0, 0.05) is 12.3 Å². The molecule has 3 N–H and O–H groups in total. The third kappa shape index (κ3) is 3.28. The molecule has 1 aromatic rings. The lowest BCUT2D eigenvalue weighted by Gasteiger charge is -2.19. The second-order valence-electron chi connectivity index (χ2n) is 3.28. The van der Waals surface area contributed by atoms with Gasteiger partial charge in [-0.05, 0) is 6.07 Å². The molecule has 0 aromatic carbocycles. The molecule has 0 fully saturated rings. The minimum atomic E-state index is -5.68. The van der Waals surface area contributed by atoms with Gasteiger partial charge in [-0.25, -0.2) is 0 Å². The molecule has 1 heterocycles. The van der Waals surface area contributed by atoms with Gasteiger partial charge in [0.1, 0.15) is 17.3 Å². The van der Waals surface area contributed by atoms with Gasteiger partial charge in [-0.3, -0.25) is 10.4 Å². The van der Waals surface area contributed by atoms with E-state index in [1.165, 1.54) is 0 Å². The zero-order valence-corrected chi connectivity index (χ0v) is 8.76. The van der Waals surface area contributed by atoms with E-state index >= 15 is 0 Å². The molecular weight excluding hydrogens is 261 g/mol. The van der Waals surface area contributed by atoms with Crippen molar-refractivity contribution >= 4 is 5.84 Å². The highest BCUT2D eigenvalue weighted by Crippen LogP contribution is 2.35. The molecule has 0 bridgehead atoms. The molecule has 9 heteroatoms. The molecule has 0 saturated carbocycles. The van der Waals surface area contributed by atoms with E-state index in [1.54, 1.807) is 0 Å². The number of halogens is 5. The lowest BCUT2D eigenvalue weighted by atomic mass is 10.3. The molecule has 100 valence electrons. The van der Waals surface area contributed by atoms with Crippen LogP contribution in [0.2, 0.25) is 0 Å². The maximum Gasteiger partial charge on any atom is 0.456 e. The van der Waals surface area contributed by atoms with Crippen molar-refractivity contribution in [1.29, 1.82) is 5.41 Å². The van der Waals surface area contributed by atoms with E-state index in [9.17, 15) is 22.0 Å². The van der Waals surface area contributed by atoms with E-state index in [2.05, 4.69) is 9.72 Å². The fraction of sp³-hybridized carbons (Fsp3) is 0.333. The van der Waals surface area contributed by atoms with E-state index in [4.69, 9.17) is 11.1 Å². The van der Waals surface area contributed by atoms with Gasteiger partial charge < -0.3 is 10.5 Å². The van der Waals surface area contributed by atoms with Crippen LogP contribution < -0.4 is 10.5 Å². The monoisotopic (exact) mass is 269 g/mol. The predicted octanol–water partition coefficient (Wildman–Crippen LogP) is 1.94. The topological polar surface area (TPSA) is 72.0 Å². The van der Waals surface area contributed by atoms with E-state index in [-0.39, 0.29) is 11.4 Å². The van der Waals surface area contributed by atoms with Crippen molar-refractivity contribution < 1.29 is 26.7 Å². The van der Waals surface area contributed by atoms with Gasteiger partial charge >= 0.3 is 12.1 Å². The highest BCUT2D eigenvalue weighted by Gasteiger charge is 2.58. The first-order chi connectivity index (χ1) is 8.13. The van der Waals surface area contributed by atoms with Crippen molar-refractivity contribution in [3.63, 3.8) is 0 Å². The van der Waals surface area contributed by atoms with Crippen molar-refractivity contribution in [1.82, 2.24) is 4.98 Å². The number of nitrogens with one attached hydrogen (secondary N) is 1. The number of hydrogen-bond donors (Lipinski definition) is 2. The Kier molecular flexibility index (Phi) is 3.73. The van der Waals surface area contributed by atoms with Crippen molar-refractivity contribution in [2.24, 2.45) is 5.73 Å². The molecule has 1 rings (SSSR count). The van der Waals surface area contributed by atoms with Gasteiger partial charge in [0.2, 0.25) is 0 Å². The summed E-state index contributed by atoms with van der Waals surface area (Å²) in [5.41, 5.74) is 4.99. The van der Waals surface area contributed by atoms with Gasteiger partial charge in [-0.2, -0.15) is 22.0 Å². The first-order valence-corrected chi connectivity index (χ1v) is 4.51. The Hall–Kier alpha value is -1.93. The van der Waals surface area contributed by atoms with Gasteiger partial charge in [-0.1, -0.05) is 0 Å². The van der Waals surface area contributed by atoms with Crippen molar-refractivity contribution in [3.8, 4) is 5.75 Å². The molecule has 0 aliphatic rings. The number of rotatable bonds is 4. The Morgan fingerprint density at radius 2 is 1.94 bits per heavy atom. The summed E-state index contributed by atoms with van der Waals surface area (Å²) in [6.45, 7) is -1.85. The third-order valence-electron chi connectivity index (χ3n) is 1.84. The molecule has 0 saturated heterocycles. The Balaban J connectivity index is 2.75. The number of nitrogens with two attached hydrogens (primary N) is 1. The second kappa shape index (κ2) is 4.75. The average molecular weight is 269 g/mol. The lowest BCUT2D eigenvalue weighted by Crippen LogP contribution is -2.41. The zero-order chi connectivity index (χ0) is 14.0. The number of hydrogen-bond acceptors (Lipinski definition) is 3. The third-order valence-corrected chi connectivity index (χ3v) is 1.84. The van der Waals surface area contributed by atoms with E-state index < -0.39 is 24.5 Å². The Labute approximate surface area is 98.1 Å². The molecule has 0 aliphatic carbocycles. The molecule has 0 unspecified atom stereocenters. The summed E-state index contributed by atoms with van der Waals surface area (Å²) < 4.78 is 65.0. The average Bonchev–Trinajstić information content (AvgIpc) is 2.25. The Morgan fingerprint density at radius 1 is 1.33 bits per heavy atom. The first kappa shape index (κ1) is 14.1. The van der Waals surface area contributed by atoms with Crippen LogP contribution in [-0.4, -0.2) is 29.5 Å². The summed E-state index contributed by atoms with van der Waals surface area (Å²) in [7, 11) is 0. The van der Waals surface area contributed by atoms with Crippen molar-refractivity contribution in [2.45, 2.75) is 12.1 Å². The molecular formula is C9H8F5N3O. The van der Waals surface area contributed by atoms with E-state index in [0.29, 0.717) is 0 Å². The number of ether oxygens (including phenoxy) is 1. The normalized spacial score (nSPS) is 12.3. The summed E-state index contributed by atoms with van der Waals surface area (Å²) in [4.78, 5) is 3.59. The SMILES string of the molecule is N=C(N)c1cc(OCC(F)(F)C(F)(F)F)ccn1. The van der Waals surface area contributed by atoms with E-state index in [1.807, 2.05) is 0 Å². The van der Waals surface area contributed by atoms with Gasteiger partial charge in [0.15, 0.2) is 6.61 Å². The quantitative estimate of drug-likeness (QED) is 0.498. The van der Waals surface area contributed by atoms with Crippen LogP contribution in [0.25, 0.3) is 0 Å². The van der Waals surface area contributed by atoms with Gasteiger partial charge in [0.05, 0.1) is 0 Å². The van der Waals surface area contributed by atoms with Crippen LogP contribution in [0.4, 0.5) is 22.0 Å². The standard InChI is InChI=1S/C9H8F5N3O/c10-8(11,9(12,13)14)4-18-5-1-2-17-6(3-5)7(15)16/h1-3H,4H2,(H3,15,16). The van der Waals surface area contributed by atoms with Crippen molar-refractivity contribution in [2.75, 3.05) is 6.61 Å². The Bertz CT molecular complexity index is 446. The number of nitrogens with zero attached hydrogens (tertiary/aromatic N) is 1. The van der Waals surface area contributed by atoms with Gasteiger partial charge in [0.25, 0.3) is 0 Å². The van der Waals surface area contributed by atoms with Gasteiger partial charge in [-0.15, -0.1) is 0 Å². The van der Waals surface area contributed by atoms with Crippen molar-refractivity contribution in [3.05, 3.63) is 24.0 Å². The number of aromatic nitrogens is 1. The Morgan fingerprint density at radius 3 is 2.44 bits per heavy atom. The van der Waals surface area contributed by atoms with Crippen LogP contribution in [0.5, 0.6) is 5.75 Å². The summed E-state index contributed by atoms with van der Waals surface area (Å²) in [6.07, 6.45) is -4.60. The highest BCUT2D eigenvalue weighted by molar-refractivity contribution is 5.93. The van der Waals surface area contributed by atoms with Crippen LogP contribution in [0, 0.1) is 5.41 Å².